The van der Waals surface area contributed by atoms with Crippen LogP contribution in [0, 0.1) is 0 Å². The summed E-state index contributed by atoms with van der Waals surface area (Å²) in [5.74, 6) is 0.184. The van der Waals surface area contributed by atoms with Gasteiger partial charge in [-0.3, -0.25) is 10.3 Å². The molecule has 0 saturated carbocycles. The van der Waals surface area contributed by atoms with Gasteiger partial charge >= 0.3 is 0 Å². The Kier molecular flexibility index (Phi) is 9.89. The van der Waals surface area contributed by atoms with Crippen molar-refractivity contribution in [2.24, 2.45) is 10.7 Å². The van der Waals surface area contributed by atoms with Gasteiger partial charge in [0.25, 0.3) is 0 Å². The highest BCUT2D eigenvalue weighted by Crippen LogP contribution is 2.42. The fourth-order valence-electron chi connectivity index (χ4n) is 9.79. The summed E-state index contributed by atoms with van der Waals surface area (Å²) < 4.78 is 4.99. The van der Waals surface area contributed by atoms with Gasteiger partial charge in [0.1, 0.15) is 6.17 Å². The largest absolute Gasteiger partial charge is 0.333 e. The Morgan fingerprint density at radius 1 is 0.629 bits per heavy atom. The molecule has 11 rings (SSSR count). The molecule has 2 aromatic heterocycles. The SMILES string of the molecule is NC(NC(/N=C/c1ccccc1C1C=Cc2c(c3ccccc3n2-c2ccc(-c3cccc4c5ccccc5n(C5C=CC=CC5)c34)cc2)C1)c1ccccc1)c1ccccc1. The Hall–Kier alpha value is -7.31. The van der Waals surface area contributed by atoms with Crippen molar-refractivity contribution in [3.63, 3.8) is 0 Å². The molecule has 7 aromatic carbocycles. The molecule has 0 saturated heterocycles. The van der Waals surface area contributed by atoms with Gasteiger partial charge in [-0.05, 0) is 76.6 Å². The number of nitrogens with two attached hydrogens (primary N) is 1. The second-order valence-electron chi connectivity index (χ2n) is 16.4. The Balaban J connectivity index is 0.926. The smallest absolute Gasteiger partial charge is 0.127 e. The zero-order chi connectivity index (χ0) is 41.4. The highest BCUT2D eigenvalue weighted by Gasteiger charge is 2.25. The van der Waals surface area contributed by atoms with Crippen molar-refractivity contribution in [1.29, 1.82) is 0 Å². The van der Waals surface area contributed by atoms with Crippen molar-refractivity contribution in [3.8, 4) is 16.8 Å². The number of rotatable bonds is 10. The minimum Gasteiger partial charge on any atom is -0.333 e. The fourth-order valence-corrected chi connectivity index (χ4v) is 9.79. The van der Waals surface area contributed by atoms with Crippen LogP contribution in [0.25, 0.3) is 55.6 Å². The van der Waals surface area contributed by atoms with Crippen LogP contribution in [0.5, 0.6) is 0 Å². The first-order valence-electron chi connectivity index (χ1n) is 21.7. The Bertz CT molecular complexity index is 3180. The highest BCUT2D eigenvalue weighted by molar-refractivity contribution is 6.13. The summed E-state index contributed by atoms with van der Waals surface area (Å²) in [6.07, 6.45) is 16.9. The van der Waals surface area contributed by atoms with Crippen LogP contribution in [0.4, 0.5) is 0 Å². The van der Waals surface area contributed by atoms with Gasteiger partial charge < -0.3 is 14.9 Å². The molecular weight excluding hydrogens is 755 g/mol. The molecular formula is C57H47N5. The van der Waals surface area contributed by atoms with E-state index in [1.165, 1.54) is 60.7 Å². The molecule has 4 unspecified atom stereocenters. The predicted molar refractivity (Wildman–Crippen MR) is 259 cm³/mol. The van der Waals surface area contributed by atoms with Crippen LogP contribution in [0.2, 0.25) is 0 Å². The summed E-state index contributed by atoms with van der Waals surface area (Å²) in [5, 5.41) is 7.45. The van der Waals surface area contributed by atoms with E-state index < -0.39 is 0 Å². The number of nitrogens with one attached hydrogen (secondary N) is 1. The van der Waals surface area contributed by atoms with Gasteiger partial charge in [-0.25, -0.2) is 0 Å². The molecule has 0 bridgehead atoms. The summed E-state index contributed by atoms with van der Waals surface area (Å²) in [6.45, 7) is 0. The van der Waals surface area contributed by atoms with Gasteiger partial charge in [-0.2, -0.15) is 0 Å². The number of hydrogen-bond acceptors (Lipinski definition) is 3. The molecule has 62 heavy (non-hydrogen) atoms. The van der Waals surface area contributed by atoms with E-state index in [0.717, 1.165) is 35.2 Å². The van der Waals surface area contributed by atoms with Crippen molar-refractivity contribution >= 4 is 45.0 Å². The molecule has 2 aliphatic rings. The van der Waals surface area contributed by atoms with Crippen LogP contribution in [-0.2, 0) is 6.42 Å². The number of aliphatic imine (C=N–C) groups is 1. The third-order valence-corrected chi connectivity index (χ3v) is 12.8. The lowest BCUT2D eigenvalue weighted by Gasteiger charge is -2.22. The zero-order valence-corrected chi connectivity index (χ0v) is 34.4. The molecule has 0 amide bonds. The van der Waals surface area contributed by atoms with E-state index in [9.17, 15) is 0 Å². The maximum absolute atomic E-state index is 6.68. The third kappa shape index (κ3) is 6.82. The molecule has 0 radical (unpaired) electrons. The van der Waals surface area contributed by atoms with E-state index >= 15 is 0 Å². The van der Waals surface area contributed by atoms with Crippen LogP contribution in [-0.4, -0.2) is 15.3 Å². The van der Waals surface area contributed by atoms with E-state index in [4.69, 9.17) is 10.7 Å². The van der Waals surface area contributed by atoms with Gasteiger partial charge in [0.15, 0.2) is 0 Å². The van der Waals surface area contributed by atoms with E-state index in [2.05, 4.69) is 178 Å². The Morgan fingerprint density at radius 3 is 2.11 bits per heavy atom. The maximum Gasteiger partial charge on any atom is 0.127 e. The van der Waals surface area contributed by atoms with Crippen LogP contribution in [0.15, 0.2) is 211 Å². The minimum atomic E-state index is -0.369. The lowest BCUT2D eigenvalue weighted by atomic mass is 9.84. The quantitative estimate of drug-likeness (QED) is 0.107. The van der Waals surface area contributed by atoms with Gasteiger partial charge in [0.05, 0.1) is 23.2 Å². The maximum atomic E-state index is 6.68. The predicted octanol–water partition coefficient (Wildman–Crippen LogP) is 13.2. The minimum absolute atomic E-state index is 0.184. The molecule has 9 aromatic rings. The Labute approximate surface area is 362 Å². The van der Waals surface area contributed by atoms with Crippen LogP contribution in [0.3, 0.4) is 0 Å². The summed E-state index contributed by atoms with van der Waals surface area (Å²) in [7, 11) is 0. The molecule has 2 heterocycles. The van der Waals surface area contributed by atoms with E-state index in [0.29, 0.717) is 0 Å². The molecule has 4 atom stereocenters. The fraction of sp³-hybridized carbons (Fsp3) is 0.105. The van der Waals surface area contributed by atoms with Gasteiger partial charge in [0.2, 0.25) is 0 Å². The first-order chi connectivity index (χ1) is 30.7. The first kappa shape index (κ1) is 37.7. The van der Waals surface area contributed by atoms with Gasteiger partial charge in [0, 0.05) is 50.8 Å². The number of hydrogen-bond donors (Lipinski definition) is 2. The summed E-state index contributed by atoms with van der Waals surface area (Å²) in [4.78, 5) is 5.16. The van der Waals surface area contributed by atoms with E-state index in [-0.39, 0.29) is 24.3 Å². The van der Waals surface area contributed by atoms with Crippen molar-refractivity contribution < 1.29 is 0 Å². The van der Waals surface area contributed by atoms with Crippen molar-refractivity contribution in [2.45, 2.75) is 37.1 Å². The average Bonchev–Trinajstić information content (AvgIpc) is 3.86. The number of fused-ring (bicyclic) bond motifs is 6. The second kappa shape index (κ2) is 16.3. The van der Waals surface area contributed by atoms with Crippen LogP contribution < -0.4 is 11.1 Å². The molecule has 3 N–H and O–H groups in total. The summed E-state index contributed by atoms with van der Waals surface area (Å²) in [5.41, 5.74) is 21.1. The molecule has 300 valence electrons. The number of benzene rings is 7. The third-order valence-electron chi connectivity index (χ3n) is 12.8. The number of aromatic nitrogens is 2. The molecule has 0 spiro atoms. The average molecular weight is 802 g/mol. The number of allylic oxidation sites excluding steroid dienone is 5. The lowest BCUT2D eigenvalue weighted by molar-refractivity contribution is 0.467. The van der Waals surface area contributed by atoms with Gasteiger partial charge in [-0.1, -0.05) is 182 Å². The molecule has 0 aliphatic heterocycles. The molecule has 2 aliphatic carbocycles. The molecule has 5 nitrogen and oxygen atoms in total. The Morgan fingerprint density at radius 2 is 1.32 bits per heavy atom. The molecule has 0 fully saturated rings. The normalized spacial score (nSPS) is 17.0. The lowest BCUT2D eigenvalue weighted by Crippen LogP contribution is -2.31. The first-order valence-corrected chi connectivity index (χ1v) is 21.7. The zero-order valence-electron chi connectivity index (χ0n) is 34.4. The van der Waals surface area contributed by atoms with E-state index in [1.807, 2.05) is 54.7 Å². The monoisotopic (exact) mass is 801 g/mol. The van der Waals surface area contributed by atoms with E-state index in [1.54, 1.807) is 0 Å². The van der Waals surface area contributed by atoms with Crippen LogP contribution >= 0.6 is 0 Å². The highest BCUT2D eigenvalue weighted by atomic mass is 15.1. The van der Waals surface area contributed by atoms with Crippen LogP contribution in [0.1, 0.15) is 64.2 Å². The van der Waals surface area contributed by atoms with Crippen molar-refractivity contribution in [3.05, 3.63) is 240 Å². The van der Waals surface area contributed by atoms with Crippen molar-refractivity contribution in [2.75, 3.05) is 0 Å². The topological polar surface area (TPSA) is 60.3 Å². The summed E-state index contributed by atoms with van der Waals surface area (Å²) >= 11 is 0. The second-order valence-corrected chi connectivity index (χ2v) is 16.4. The molecule has 5 heteroatoms. The standard InChI is InChI=1S/C57H47N5/c58-56(40-17-4-1-5-18-40)60-57(41-19-6-2-7-20-41)59-38-43-21-10-11-24-46(43)42-33-36-54-51(37-42)49-26-13-14-29-52(49)61(54)45-34-31-39(32-35-45)47-27-16-28-50-48-25-12-15-30-53(48)62(55(47)50)44-22-8-3-9-23-44/h1-22,24-36,38,42,44,56-57,60H,23,37,58H2/b59-38+. The number of nitrogens with zero attached hydrogens (tertiary/aromatic N) is 3. The van der Waals surface area contributed by atoms with Gasteiger partial charge in [-0.15, -0.1) is 0 Å². The number of para-hydroxylation sites is 3. The van der Waals surface area contributed by atoms with Crippen molar-refractivity contribution in [1.82, 2.24) is 14.5 Å². The summed E-state index contributed by atoms with van der Waals surface area (Å²) in [6, 6.07) is 63.1.